The fraction of sp³-hybridized carbons (Fsp3) is 0.460. The highest BCUT2D eigenvalue weighted by atomic mass is 19.1. The van der Waals surface area contributed by atoms with Crippen molar-refractivity contribution in [2.24, 2.45) is 0 Å². The number of anilines is 2. The van der Waals surface area contributed by atoms with Crippen LogP contribution < -0.4 is 14.5 Å². The summed E-state index contributed by atoms with van der Waals surface area (Å²) in [4.78, 5) is 31.7. The molecule has 1 aliphatic carbocycles. The molecule has 1 spiro atoms. The monoisotopic (exact) mass is 849 g/mol. The maximum atomic E-state index is 14.9. The molecule has 13 heteroatoms. The largest absolute Gasteiger partial charge is 0.461 e. The van der Waals surface area contributed by atoms with Gasteiger partial charge in [-0.1, -0.05) is 73.7 Å². The Morgan fingerprint density at radius 1 is 0.984 bits per heavy atom. The van der Waals surface area contributed by atoms with Gasteiger partial charge in [0.1, 0.15) is 30.3 Å². The molecule has 326 valence electrons. The van der Waals surface area contributed by atoms with Crippen molar-refractivity contribution in [3.8, 4) is 12.1 Å². The number of aryl methyl sites for hydroxylation is 1. The fourth-order valence-electron chi connectivity index (χ4n) is 11.0. The lowest BCUT2D eigenvalue weighted by atomic mass is 9.69. The highest BCUT2D eigenvalue weighted by Gasteiger charge is 2.50. The Balaban J connectivity index is 1.05. The molecule has 3 aromatic carbocycles. The van der Waals surface area contributed by atoms with Crippen molar-refractivity contribution >= 4 is 17.4 Å². The number of alkyl halides is 1. The number of carbonyl (C=O) groups is 1. The van der Waals surface area contributed by atoms with Gasteiger partial charge in [-0.15, -0.1) is 0 Å². The molecule has 12 nitrogen and oxygen atoms in total. The summed E-state index contributed by atoms with van der Waals surface area (Å²) in [5.74, 6) is 0.842. The Bertz CT molecular complexity index is 2500. The van der Waals surface area contributed by atoms with Crippen LogP contribution in [0.15, 0.2) is 78.9 Å². The molecule has 4 atom stereocenters. The first-order valence-electron chi connectivity index (χ1n) is 22.6. The molecule has 0 N–H and O–H groups in total. The van der Waals surface area contributed by atoms with E-state index in [2.05, 4.69) is 88.4 Å². The number of hydrogen-bond acceptors (Lipinski definition) is 10. The standard InChI is InChI=1S/C50H56FN9O3/c1-34-18-20-50(45-39(34)16-17-44(40(45)27-52)58(28-35-12-6-4-7-13-35)29-36-14-8-5-9-15-36)26-43-41(32-63-50)46(54-48(53-43)62-33-49-19-10-22-59(49)30-37(51)25-49)57-21-11-23-60-38(31-57)24-42(55-60)47(61)56(2)3/h4-9,12-17,24,34,37H,10-11,18-23,25-26,28-33H2,1-3H3/t34?,37-,49+,50?/m1/s1. The first kappa shape index (κ1) is 41.2. The zero-order valence-electron chi connectivity index (χ0n) is 36.6. The van der Waals surface area contributed by atoms with E-state index in [0.717, 1.165) is 89.4 Å². The normalized spacial score (nSPS) is 23.9. The fourth-order valence-corrected chi connectivity index (χ4v) is 11.0. The van der Waals surface area contributed by atoms with Crippen LogP contribution in [0.5, 0.6) is 6.01 Å². The summed E-state index contributed by atoms with van der Waals surface area (Å²) in [6, 6.07) is 30.1. The molecule has 2 fully saturated rings. The topological polar surface area (TPSA) is 116 Å². The predicted molar refractivity (Wildman–Crippen MR) is 238 cm³/mol. The smallest absolute Gasteiger partial charge is 0.318 e. The molecule has 0 bridgehead atoms. The van der Waals surface area contributed by atoms with E-state index in [0.29, 0.717) is 70.0 Å². The van der Waals surface area contributed by atoms with Crippen molar-refractivity contribution in [2.45, 2.75) is 108 Å². The van der Waals surface area contributed by atoms with Gasteiger partial charge in [-0.05, 0) is 73.4 Å². The van der Waals surface area contributed by atoms with Crippen LogP contribution >= 0.6 is 0 Å². The Labute approximate surface area is 369 Å². The minimum Gasteiger partial charge on any atom is -0.461 e. The molecule has 4 aliphatic heterocycles. The first-order chi connectivity index (χ1) is 30.6. The van der Waals surface area contributed by atoms with Crippen LogP contribution in [0.1, 0.15) is 107 Å². The number of benzene rings is 3. The number of hydrogen-bond donors (Lipinski definition) is 0. The number of amides is 1. The second-order valence-corrected chi connectivity index (χ2v) is 18.6. The zero-order chi connectivity index (χ0) is 43.3. The number of ether oxygens (including phenoxy) is 2. The molecule has 2 aromatic heterocycles. The van der Waals surface area contributed by atoms with Crippen LogP contribution in [-0.4, -0.2) is 87.5 Å². The van der Waals surface area contributed by atoms with E-state index in [1.807, 2.05) is 22.9 Å². The van der Waals surface area contributed by atoms with E-state index in [4.69, 9.17) is 24.5 Å². The van der Waals surface area contributed by atoms with Crippen molar-refractivity contribution in [3.63, 3.8) is 0 Å². The number of aromatic nitrogens is 4. The zero-order valence-corrected chi connectivity index (χ0v) is 36.6. The molecule has 0 radical (unpaired) electrons. The maximum Gasteiger partial charge on any atom is 0.318 e. The van der Waals surface area contributed by atoms with Gasteiger partial charge in [0.05, 0.1) is 41.3 Å². The van der Waals surface area contributed by atoms with Gasteiger partial charge >= 0.3 is 6.01 Å². The van der Waals surface area contributed by atoms with E-state index in [1.165, 1.54) is 0 Å². The Hall–Kier alpha value is -5.84. The van der Waals surface area contributed by atoms with Crippen molar-refractivity contribution in [2.75, 3.05) is 50.1 Å². The lowest BCUT2D eigenvalue weighted by Gasteiger charge is -2.45. The average molecular weight is 850 g/mol. The Morgan fingerprint density at radius 3 is 2.48 bits per heavy atom. The summed E-state index contributed by atoms with van der Waals surface area (Å²) in [5, 5.41) is 16.0. The van der Waals surface area contributed by atoms with E-state index in [1.54, 1.807) is 19.0 Å². The summed E-state index contributed by atoms with van der Waals surface area (Å²) in [7, 11) is 3.48. The minimum atomic E-state index is -0.874. The van der Waals surface area contributed by atoms with Crippen LogP contribution in [0.25, 0.3) is 0 Å². The molecule has 63 heavy (non-hydrogen) atoms. The molecule has 2 unspecified atom stereocenters. The van der Waals surface area contributed by atoms with Crippen molar-refractivity contribution in [3.05, 3.63) is 129 Å². The van der Waals surface area contributed by atoms with Crippen LogP contribution in [0.3, 0.4) is 0 Å². The van der Waals surface area contributed by atoms with Gasteiger partial charge in [-0.25, -0.2) is 4.39 Å². The summed E-state index contributed by atoms with van der Waals surface area (Å²) >= 11 is 0. The lowest BCUT2D eigenvalue weighted by molar-refractivity contribution is -0.0873. The van der Waals surface area contributed by atoms with Crippen molar-refractivity contribution < 1.29 is 18.7 Å². The maximum absolute atomic E-state index is 14.9. The molecule has 0 saturated carbocycles. The van der Waals surface area contributed by atoms with Gasteiger partial charge in [0.25, 0.3) is 5.91 Å². The third kappa shape index (κ3) is 7.71. The minimum absolute atomic E-state index is 0.135. The Kier molecular flexibility index (Phi) is 10.9. The van der Waals surface area contributed by atoms with Gasteiger partial charge in [0.2, 0.25) is 0 Å². The third-order valence-electron chi connectivity index (χ3n) is 14.2. The van der Waals surface area contributed by atoms with Gasteiger partial charge in [0.15, 0.2) is 5.69 Å². The predicted octanol–water partition coefficient (Wildman–Crippen LogP) is 7.68. The average Bonchev–Trinajstić information content (AvgIpc) is 3.93. The molecular formula is C50H56FN9O3. The number of carbonyl (C=O) groups excluding carboxylic acids is 1. The van der Waals surface area contributed by atoms with Gasteiger partial charge in [0, 0.05) is 70.8 Å². The van der Waals surface area contributed by atoms with Gasteiger partial charge < -0.3 is 24.2 Å². The molecule has 5 aromatic rings. The second kappa shape index (κ2) is 16.7. The van der Waals surface area contributed by atoms with Crippen molar-refractivity contribution in [1.82, 2.24) is 29.5 Å². The molecule has 2 saturated heterocycles. The molecule has 1 amide bonds. The van der Waals surface area contributed by atoms with Gasteiger partial charge in [-0.2, -0.15) is 20.3 Å². The summed E-state index contributed by atoms with van der Waals surface area (Å²) < 4.78 is 30.7. The number of nitrogens with zero attached hydrogens (tertiary/aromatic N) is 9. The quantitative estimate of drug-likeness (QED) is 0.139. The van der Waals surface area contributed by atoms with E-state index >= 15 is 0 Å². The second-order valence-electron chi connectivity index (χ2n) is 18.6. The molecule has 6 heterocycles. The van der Waals surface area contributed by atoms with Crippen LogP contribution in [0.2, 0.25) is 0 Å². The molecule has 5 aliphatic rings. The van der Waals surface area contributed by atoms with Crippen LogP contribution in [0, 0.1) is 11.3 Å². The van der Waals surface area contributed by atoms with Gasteiger partial charge in [-0.3, -0.25) is 14.4 Å². The van der Waals surface area contributed by atoms with Crippen molar-refractivity contribution in [1.29, 1.82) is 5.26 Å². The molecular weight excluding hydrogens is 794 g/mol. The Morgan fingerprint density at radius 2 is 1.75 bits per heavy atom. The summed E-state index contributed by atoms with van der Waals surface area (Å²) in [6.07, 6.45) is 4.34. The highest BCUT2D eigenvalue weighted by Crippen LogP contribution is 2.52. The van der Waals surface area contributed by atoms with Crippen LogP contribution in [0.4, 0.5) is 15.9 Å². The SMILES string of the molecule is CC1CCC2(Cc3nc(OC[C@@]45CCCN4C[C@H](F)C5)nc(N4CCCn5nc(C(=O)N(C)C)cc5C4)c3CO2)c2c1ccc(N(Cc1ccccc1)Cc1ccccc1)c2C#N. The number of rotatable bonds is 10. The number of halogens is 1. The summed E-state index contributed by atoms with van der Waals surface area (Å²) in [5.41, 5.74) is 7.87. The summed E-state index contributed by atoms with van der Waals surface area (Å²) in [6.45, 7) is 7.27. The number of nitriles is 1. The van der Waals surface area contributed by atoms with E-state index in [-0.39, 0.29) is 30.0 Å². The first-order valence-corrected chi connectivity index (χ1v) is 22.6. The molecule has 10 rings (SSSR count). The van der Waals surface area contributed by atoms with Crippen LogP contribution in [-0.2, 0) is 49.5 Å². The third-order valence-corrected chi connectivity index (χ3v) is 14.2. The van der Waals surface area contributed by atoms with E-state index < -0.39 is 11.8 Å². The number of fused-ring (bicyclic) bond motifs is 5. The lowest BCUT2D eigenvalue weighted by Crippen LogP contribution is -2.44. The van der Waals surface area contributed by atoms with E-state index in [9.17, 15) is 14.4 Å². The highest BCUT2D eigenvalue weighted by molar-refractivity contribution is 5.92.